The molecule has 1 aliphatic carbocycles. The molecule has 0 spiro atoms. The van der Waals surface area contributed by atoms with Crippen LogP contribution in [-0.2, 0) is 4.79 Å². The van der Waals surface area contributed by atoms with Gasteiger partial charge in [0.2, 0.25) is 5.91 Å². The Kier molecular flexibility index (Phi) is 6.69. The summed E-state index contributed by atoms with van der Waals surface area (Å²) in [6, 6.07) is 0.388. The van der Waals surface area contributed by atoms with Crippen molar-refractivity contribution in [3.8, 4) is 0 Å². The van der Waals surface area contributed by atoms with Gasteiger partial charge in [-0.3, -0.25) is 4.79 Å². The average Bonchev–Trinajstić information content (AvgIpc) is 2.85. The summed E-state index contributed by atoms with van der Waals surface area (Å²) >= 11 is 0. The topological polar surface area (TPSA) is 46.3 Å². The lowest BCUT2D eigenvalue weighted by Gasteiger charge is -2.32. The fourth-order valence-electron chi connectivity index (χ4n) is 3.34. The van der Waals surface area contributed by atoms with E-state index in [2.05, 4.69) is 13.8 Å². The Morgan fingerprint density at radius 3 is 2.39 bits per heavy atom. The van der Waals surface area contributed by atoms with Crippen molar-refractivity contribution in [3.63, 3.8) is 0 Å². The van der Waals surface area contributed by atoms with E-state index in [-0.39, 0.29) is 5.92 Å². The van der Waals surface area contributed by atoms with Crippen LogP contribution < -0.4 is 5.73 Å². The monoisotopic (exact) mass is 254 g/mol. The first-order valence-corrected chi connectivity index (χ1v) is 7.62. The van der Waals surface area contributed by atoms with Crippen LogP contribution in [0, 0.1) is 11.8 Å². The van der Waals surface area contributed by atoms with Gasteiger partial charge >= 0.3 is 0 Å². The lowest BCUT2D eigenvalue weighted by Crippen LogP contribution is -2.44. The third kappa shape index (κ3) is 3.71. The van der Waals surface area contributed by atoms with E-state index in [9.17, 15) is 4.79 Å². The van der Waals surface area contributed by atoms with E-state index in [1.807, 2.05) is 11.9 Å². The van der Waals surface area contributed by atoms with Crippen LogP contribution in [-0.4, -0.2) is 30.4 Å². The Labute approximate surface area is 112 Å². The van der Waals surface area contributed by atoms with Gasteiger partial charge < -0.3 is 10.6 Å². The van der Waals surface area contributed by atoms with Crippen LogP contribution in [0.3, 0.4) is 0 Å². The predicted octanol–water partition coefficient (Wildman–Crippen LogP) is 2.79. The Balaban J connectivity index is 2.62. The average molecular weight is 254 g/mol. The molecular weight excluding hydrogens is 224 g/mol. The molecule has 3 heteroatoms. The molecule has 0 saturated heterocycles. The van der Waals surface area contributed by atoms with Crippen molar-refractivity contribution < 1.29 is 4.79 Å². The minimum atomic E-state index is 0.226. The van der Waals surface area contributed by atoms with Crippen molar-refractivity contribution in [3.05, 3.63) is 0 Å². The fraction of sp³-hybridized carbons (Fsp3) is 0.933. The van der Waals surface area contributed by atoms with E-state index in [4.69, 9.17) is 5.73 Å². The Morgan fingerprint density at radius 1 is 1.28 bits per heavy atom. The van der Waals surface area contributed by atoms with Gasteiger partial charge in [-0.05, 0) is 38.1 Å². The van der Waals surface area contributed by atoms with Gasteiger partial charge in [-0.1, -0.05) is 33.1 Å². The third-order valence-electron chi connectivity index (χ3n) is 4.39. The molecule has 1 fully saturated rings. The van der Waals surface area contributed by atoms with Crippen LogP contribution in [0.1, 0.15) is 58.8 Å². The molecule has 18 heavy (non-hydrogen) atoms. The van der Waals surface area contributed by atoms with E-state index in [1.165, 1.54) is 12.8 Å². The number of rotatable bonds is 7. The Bertz CT molecular complexity index is 249. The summed E-state index contributed by atoms with van der Waals surface area (Å²) < 4.78 is 0. The zero-order valence-electron chi connectivity index (χ0n) is 12.3. The van der Waals surface area contributed by atoms with Crippen LogP contribution in [0.25, 0.3) is 0 Å². The fourth-order valence-corrected chi connectivity index (χ4v) is 3.34. The zero-order valence-corrected chi connectivity index (χ0v) is 12.3. The highest BCUT2D eigenvalue weighted by atomic mass is 16.2. The van der Waals surface area contributed by atoms with Crippen LogP contribution in [0.2, 0.25) is 0 Å². The molecule has 0 bridgehead atoms. The Morgan fingerprint density at radius 2 is 1.89 bits per heavy atom. The highest BCUT2D eigenvalue weighted by Gasteiger charge is 2.33. The van der Waals surface area contributed by atoms with Crippen LogP contribution >= 0.6 is 0 Å². The standard InChI is InChI=1S/C15H30N2O/c1-4-7-12(8-5-2)15(18)17(3)14-10-6-9-13(14)11-16/h12-14H,4-11,16H2,1-3H3. The minimum absolute atomic E-state index is 0.226. The number of carbonyl (C=O) groups excluding carboxylic acids is 1. The third-order valence-corrected chi connectivity index (χ3v) is 4.39. The van der Waals surface area contributed by atoms with Crippen molar-refractivity contribution in [2.24, 2.45) is 17.6 Å². The first-order chi connectivity index (χ1) is 8.65. The lowest BCUT2D eigenvalue weighted by atomic mass is 9.94. The van der Waals surface area contributed by atoms with Gasteiger partial charge in [0.05, 0.1) is 0 Å². The zero-order chi connectivity index (χ0) is 13.5. The number of hydrogen-bond donors (Lipinski definition) is 1. The largest absolute Gasteiger partial charge is 0.342 e. The molecule has 2 N–H and O–H groups in total. The number of amides is 1. The van der Waals surface area contributed by atoms with E-state index < -0.39 is 0 Å². The number of nitrogens with two attached hydrogens (primary N) is 1. The van der Waals surface area contributed by atoms with Gasteiger partial charge in [0.25, 0.3) is 0 Å². The molecule has 0 aromatic carbocycles. The molecule has 106 valence electrons. The molecule has 0 heterocycles. The quantitative estimate of drug-likeness (QED) is 0.759. The maximum atomic E-state index is 12.6. The van der Waals surface area contributed by atoms with Crippen molar-refractivity contribution in [2.75, 3.05) is 13.6 Å². The SMILES string of the molecule is CCCC(CCC)C(=O)N(C)C1CCCC1CN. The molecule has 1 amide bonds. The molecule has 0 aromatic heterocycles. The van der Waals surface area contributed by atoms with Crippen LogP contribution in [0.4, 0.5) is 0 Å². The number of carbonyl (C=O) groups is 1. The summed E-state index contributed by atoms with van der Waals surface area (Å²) in [5.74, 6) is 1.09. The lowest BCUT2D eigenvalue weighted by molar-refractivity contribution is -0.137. The molecule has 2 atom stereocenters. The Hall–Kier alpha value is -0.570. The molecule has 1 saturated carbocycles. The van der Waals surface area contributed by atoms with Crippen molar-refractivity contribution in [2.45, 2.75) is 64.8 Å². The van der Waals surface area contributed by atoms with Crippen molar-refractivity contribution >= 4 is 5.91 Å². The summed E-state index contributed by atoms with van der Waals surface area (Å²) in [6.45, 7) is 5.04. The minimum Gasteiger partial charge on any atom is -0.342 e. The summed E-state index contributed by atoms with van der Waals surface area (Å²) in [5, 5.41) is 0. The van der Waals surface area contributed by atoms with E-state index in [0.717, 1.165) is 32.1 Å². The maximum absolute atomic E-state index is 12.6. The molecule has 1 aliphatic rings. The molecule has 2 unspecified atom stereocenters. The highest BCUT2D eigenvalue weighted by molar-refractivity contribution is 5.79. The molecule has 0 radical (unpaired) electrons. The van der Waals surface area contributed by atoms with Crippen LogP contribution in [0.5, 0.6) is 0 Å². The van der Waals surface area contributed by atoms with E-state index in [0.29, 0.717) is 24.4 Å². The smallest absolute Gasteiger partial charge is 0.225 e. The van der Waals surface area contributed by atoms with Gasteiger partial charge in [0.15, 0.2) is 0 Å². The highest BCUT2D eigenvalue weighted by Crippen LogP contribution is 2.30. The summed E-state index contributed by atoms with van der Waals surface area (Å²) in [7, 11) is 1.99. The molecule has 0 aliphatic heterocycles. The van der Waals surface area contributed by atoms with Gasteiger partial charge in [-0.2, -0.15) is 0 Å². The van der Waals surface area contributed by atoms with E-state index >= 15 is 0 Å². The van der Waals surface area contributed by atoms with Crippen LogP contribution in [0.15, 0.2) is 0 Å². The molecule has 0 aromatic rings. The predicted molar refractivity (Wildman–Crippen MR) is 76.3 cm³/mol. The van der Waals surface area contributed by atoms with Crippen molar-refractivity contribution in [1.29, 1.82) is 0 Å². The second kappa shape index (κ2) is 7.78. The van der Waals surface area contributed by atoms with Gasteiger partial charge in [0.1, 0.15) is 0 Å². The first-order valence-electron chi connectivity index (χ1n) is 7.62. The van der Waals surface area contributed by atoms with Crippen molar-refractivity contribution in [1.82, 2.24) is 4.90 Å². The summed E-state index contributed by atoms with van der Waals surface area (Å²) in [4.78, 5) is 14.6. The number of hydrogen-bond acceptors (Lipinski definition) is 2. The van der Waals surface area contributed by atoms with E-state index in [1.54, 1.807) is 0 Å². The van der Waals surface area contributed by atoms with Gasteiger partial charge in [-0.15, -0.1) is 0 Å². The normalized spacial score (nSPS) is 23.6. The first kappa shape index (κ1) is 15.5. The van der Waals surface area contributed by atoms with Gasteiger partial charge in [-0.25, -0.2) is 0 Å². The summed E-state index contributed by atoms with van der Waals surface area (Å²) in [6.07, 6.45) is 7.77. The number of nitrogens with zero attached hydrogens (tertiary/aromatic N) is 1. The second-order valence-corrected chi connectivity index (χ2v) is 5.72. The molecule has 3 nitrogen and oxygen atoms in total. The maximum Gasteiger partial charge on any atom is 0.225 e. The molecular formula is C15H30N2O. The molecule has 1 rings (SSSR count). The second-order valence-electron chi connectivity index (χ2n) is 5.72. The van der Waals surface area contributed by atoms with Gasteiger partial charge in [0, 0.05) is 19.0 Å². The summed E-state index contributed by atoms with van der Waals surface area (Å²) in [5.41, 5.74) is 5.82.